The number of benzene rings is 1. The van der Waals surface area contributed by atoms with E-state index < -0.39 is 53.8 Å². The molecule has 1 aromatic carbocycles. The van der Waals surface area contributed by atoms with E-state index in [1.165, 1.54) is 0 Å². The smallest absolute Gasteiger partial charge is 0.326 e. The number of carbonyl (C=O) groups is 5. The normalized spacial score (nSPS) is 15.2. The van der Waals surface area contributed by atoms with Gasteiger partial charge < -0.3 is 32.5 Å². The van der Waals surface area contributed by atoms with Gasteiger partial charge in [-0.15, -0.1) is 0 Å². The zero-order valence-electron chi connectivity index (χ0n) is 21.3. The topological polar surface area (TPSA) is 194 Å². The molecule has 0 aliphatic heterocycles. The van der Waals surface area contributed by atoms with Crippen LogP contribution in [0.2, 0.25) is 0 Å². The number of aliphatic carboxylic acids is 1. The van der Waals surface area contributed by atoms with Crippen LogP contribution in [0.3, 0.4) is 0 Å². The van der Waals surface area contributed by atoms with Gasteiger partial charge in [-0.1, -0.05) is 64.4 Å². The molecule has 0 saturated carbocycles. The van der Waals surface area contributed by atoms with Gasteiger partial charge in [-0.3, -0.25) is 19.2 Å². The molecule has 0 fully saturated rings. The Morgan fingerprint density at radius 2 is 1.44 bits per heavy atom. The molecule has 0 heterocycles. The second-order valence-corrected chi connectivity index (χ2v) is 9.30. The fourth-order valence-electron chi connectivity index (χ4n) is 3.48. The van der Waals surface area contributed by atoms with Gasteiger partial charge in [-0.25, -0.2) is 4.79 Å². The lowest BCUT2D eigenvalue weighted by atomic mass is 9.95. The molecule has 5 atom stereocenters. The van der Waals surface area contributed by atoms with Crippen LogP contribution in [0.5, 0.6) is 0 Å². The van der Waals surface area contributed by atoms with Crippen molar-refractivity contribution in [2.75, 3.05) is 0 Å². The average molecular weight is 506 g/mol. The maximum Gasteiger partial charge on any atom is 0.326 e. The monoisotopic (exact) mass is 505 g/mol. The van der Waals surface area contributed by atoms with E-state index in [2.05, 4.69) is 16.0 Å². The van der Waals surface area contributed by atoms with Crippen LogP contribution in [0.4, 0.5) is 0 Å². The van der Waals surface area contributed by atoms with Crippen molar-refractivity contribution in [2.45, 2.75) is 77.5 Å². The summed E-state index contributed by atoms with van der Waals surface area (Å²) < 4.78 is 0. The third-order valence-corrected chi connectivity index (χ3v) is 5.98. The van der Waals surface area contributed by atoms with Crippen molar-refractivity contribution in [3.8, 4) is 0 Å². The molecule has 0 spiro atoms. The van der Waals surface area contributed by atoms with Crippen LogP contribution in [-0.2, 0) is 30.4 Å². The van der Waals surface area contributed by atoms with Crippen molar-refractivity contribution in [2.24, 2.45) is 23.3 Å². The lowest BCUT2D eigenvalue weighted by Gasteiger charge is -2.29. The highest BCUT2D eigenvalue weighted by molar-refractivity contribution is 5.94. The second-order valence-electron chi connectivity index (χ2n) is 9.30. The molecule has 1 aromatic rings. The highest BCUT2D eigenvalue weighted by atomic mass is 16.4. The van der Waals surface area contributed by atoms with Crippen LogP contribution in [0.15, 0.2) is 30.3 Å². The van der Waals surface area contributed by atoms with Crippen LogP contribution in [0, 0.1) is 11.8 Å². The number of hydrogen-bond acceptors (Lipinski definition) is 6. The summed E-state index contributed by atoms with van der Waals surface area (Å²) in [6, 6.07) is 4.64. The van der Waals surface area contributed by atoms with Crippen LogP contribution >= 0.6 is 0 Å². The number of nitrogens with one attached hydrogen (secondary N) is 3. The van der Waals surface area contributed by atoms with Gasteiger partial charge >= 0.3 is 5.97 Å². The first-order valence-corrected chi connectivity index (χ1v) is 12.1. The highest BCUT2D eigenvalue weighted by Crippen LogP contribution is 2.12. The standard InChI is InChI=1S/C25H39N5O6/c1-5-15(4)21(24(34)28-18(25(35)36)13-16-9-7-6-8-10-16)30-23(33)20(14(2)3)29-22(32)17(26)11-12-19(27)31/h6-10,14-15,17-18,20-21H,5,11-13,26H2,1-4H3,(H2,27,31)(H,28,34)(H,29,32)(H,30,33)(H,35,36). The van der Waals surface area contributed by atoms with Crippen molar-refractivity contribution in [1.29, 1.82) is 0 Å². The molecule has 0 aliphatic carbocycles. The Bertz CT molecular complexity index is 907. The van der Waals surface area contributed by atoms with E-state index in [0.717, 1.165) is 5.56 Å². The second kappa shape index (κ2) is 14.8. The number of primary amides is 1. The molecule has 5 unspecified atom stereocenters. The summed E-state index contributed by atoms with van der Waals surface area (Å²) in [5.74, 6) is -4.30. The molecule has 8 N–H and O–H groups in total. The summed E-state index contributed by atoms with van der Waals surface area (Å²) >= 11 is 0. The number of carbonyl (C=O) groups excluding carboxylic acids is 4. The molecule has 0 radical (unpaired) electrons. The molecule has 4 amide bonds. The first-order chi connectivity index (χ1) is 16.9. The molecule has 0 aromatic heterocycles. The predicted molar refractivity (Wildman–Crippen MR) is 134 cm³/mol. The quantitative estimate of drug-likeness (QED) is 0.194. The fraction of sp³-hybridized carbons (Fsp3) is 0.560. The molecule has 0 aliphatic rings. The van der Waals surface area contributed by atoms with Crippen LogP contribution in [0.1, 0.15) is 52.5 Å². The van der Waals surface area contributed by atoms with Gasteiger partial charge in [0.15, 0.2) is 0 Å². The Morgan fingerprint density at radius 1 is 0.889 bits per heavy atom. The first kappa shape index (κ1) is 30.6. The van der Waals surface area contributed by atoms with E-state index in [0.29, 0.717) is 6.42 Å². The maximum absolute atomic E-state index is 13.1. The van der Waals surface area contributed by atoms with E-state index in [1.807, 2.05) is 6.92 Å². The summed E-state index contributed by atoms with van der Waals surface area (Å²) in [5, 5.41) is 17.4. The van der Waals surface area contributed by atoms with Crippen molar-refractivity contribution in [3.63, 3.8) is 0 Å². The Hall–Kier alpha value is -3.47. The molecule has 0 bridgehead atoms. The van der Waals surface area contributed by atoms with Crippen molar-refractivity contribution in [1.82, 2.24) is 16.0 Å². The Kier molecular flexibility index (Phi) is 12.6. The van der Waals surface area contributed by atoms with Gasteiger partial charge in [0.2, 0.25) is 23.6 Å². The summed E-state index contributed by atoms with van der Waals surface area (Å²) in [4.78, 5) is 61.5. The van der Waals surface area contributed by atoms with Crippen LogP contribution in [0.25, 0.3) is 0 Å². The minimum atomic E-state index is -1.20. The van der Waals surface area contributed by atoms with E-state index in [4.69, 9.17) is 11.5 Å². The third kappa shape index (κ3) is 10.0. The molecular weight excluding hydrogens is 466 g/mol. The fourth-order valence-corrected chi connectivity index (χ4v) is 3.48. The lowest BCUT2D eigenvalue weighted by Crippen LogP contribution is -2.60. The van der Waals surface area contributed by atoms with E-state index >= 15 is 0 Å². The molecular formula is C25H39N5O6. The van der Waals surface area contributed by atoms with Gasteiger partial charge in [-0.05, 0) is 23.8 Å². The van der Waals surface area contributed by atoms with Gasteiger partial charge in [0.1, 0.15) is 18.1 Å². The Morgan fingerprint density at radius 3 is 1.94 bits per heavy atom. The van der Waals surface area contributed by atoms with Gasteiger partial charge in [0, 0.05) is 12.8 Å². The minimum Gasteiger partial charge on any atom is -0.480 e. The summed E-state index contributed by atoms with van der Waals surface area (Å²) in [5.41, 5.74) is 11.6. The molecule has 200 valence electrons. The summed E-state index contributed by atoms with van der Waals surface area (Å²) in [6.45, 7) is 7.05. The van der Waals surface area contributed by atoms with E-state index in [1.54, 1.807) is 51.1 Å². The van der Waals surface area contributed by atoms with Gasteiger partial charge in [0.25, 0.3) is 0 Å². The molecule has 11 heteroatoms. The first-order valence-electron chi connectivity index (χ1n) is 12.1. The summed E-state index contributed by atoms with van der Waals surface area (Å²) in [7, 11) is 0. The number of nitrogens with two attached hydrogens (primary N) is 2. The zero-order valence-corrected chi connectivity index (χ0v) is 21.3. The van der Waals surface area contributed by atoms with Crippen LogP contribution in [-0.4, -0.2) is 58.9 Å². The minimum absolute atomic E-state index is 0.0312. The van der Waals surface area contributed by atoms with E-state index in [-0.39, 0.29) is 31.1 Å². The van der Waals surface area contributed by atoms with E-state index in [9.17, 15) is 29.1 Å². The average Bonchev–Trinajstić information content (AvgIpc) is 2.83. The van der Waals surface area contributed by atoms with Gasteiger partial charge in [-0.2, -0.15) is 0 Å². The van der Waals surface area contributed by atoms with Crippen LogP contribution < -0.4 is 27.4 Å². The predicted octanol–water partition coefficient (Wildman–Crippen LogP) is 0.0630. The number of hydrogen-bond donors (Lipinski definition) is 6. The Labute approximate surface area is 211 Å². The number of amides is 4. The summed E-state index contributed by atoms with van der Waals surface area (Å²) in [6.07, 6.45) is 0.572. The number of carboxylic acids is 1. The SMILES string of the molecule is CCC(C)C(NC(=O)C(NC(=O)C(N)CCC(N)=O)C(C)C)C(=O)NC(Cc1ccccc1)C(=O)O. The lowest BCUT2D eigenvalue weighted by molar-refractivity contribution is -0.142. The van der Waals surface area contributed by atoms with Crippen molar-refractivity contribution >= 4 is 29.6 Å². The largest absolute Gasteiger partial charge is 0.480 e. The number of carboxylic acid groups (broad SMARTS) is 1. The molecule has 0 saturated heterocycles. The van der Waals surface area contributed by atoms with Crippen molar-refractivity contribution in [3.05, 3.63) is 35.9 Å². The molecule has 11 nitrogen and oxygen atoms in total. The van der Waals surface area contributed by atoms with Crippen molar-refractivity contribution < 1.29 is 29.1 Å². The maximum atomic E-state index is 13.1. The third-order valence-electron chi connectivity index (χ3n) is 5.98. The highest BCUT2D eigenvalue weighted by Gasteiger charge is 2.33. The Balaban J connectivity index is 2.97. The zero-order chi connectivity index (χ0) is 27.4. The van der Waals surface area contributed by atoms with Gasteiger partial charge in [0.05, 0.1) is 6.04 Å². The molecule has 36 heavy (non-hydrogen) atoms. The molecule has 1 rings (SSSR count). The number of rotatable bonds is 15.